The molecule has 0 bridgehead atoms. The summed E-state index contributed by atoms with van der Waals surface area (Å²) in [6, 6.07) is 10.6. The van der Waals surface area contributed by atoms with Gasteiger partial charge >= 0.3 is 0 Å². The molecular formula is C17H20FNO2. The van der Waals surface area contributed by atoms with E-state index in [2.05, 4.69) is 5.32 Å². The molecular weight excluding hydrogens is 269 g/mol. The second-order valence-corrected chi connectivity index (χ2v) is 4.78. The van der Waals surface area contributed by atoms with Gasteiger partial charge in [0, 0.05) is 5.56 Å². The molecule has 2 aromatic rings. The van der Waals surface area contributed by atoms with E-state index in [9.17, 15) is 4.39 Å². The fourth-order valence-corrected chi connectivity index (χ4v) is 2.51. The van der Waals surface area contributed by atoms with Gasteiger partial charge in [0.1, 0.15) is 17.3 Å². The summed E-state index contributed by atoms with van der Waals surface area (Å²) in [5.74, 6) is 1.11. The zero-order valence-electron chi connectivity index (χ0n) is 12.7. The van der Waals surface area contributed by atoms with Gasteiger partial charge in [0.25, 0.3) is 0 Å². The maximum atomic E-state index is 14.5. The first-order valence-electron chi connectivity index (χ1n) is 6.77. The fraction of sp³-hybridized carbons (Fsp3) is 0.294. The van der Waals surface area contributed by atoms with Gasteiger partial charge in [-0.25, -0.2) is 4.39 Å². The Hall–Kier alpha value is -2.07. The van der Waals surface area contributed by atoms with E-state index in [0.717, 1.165) is 5.56 Å². The van der Waals surface area contributed by atoms with Crippen LogP contribution in [0.5, 0.6) is 11.5 Å². The summed E-state index contributed by atoms with van der Waals surface area (Å²) in [6.45, 7) is 1.75. The van der Waals surface area contributed by atoms with Crippen LogP contribution >= 0.6 is 0 Å². The van der Waals surface area contributed by atoms with E-state index in [4.69, 9.17) is 9.47 Å². The zero-order chi connectivity index (χ0) is 15.4. The molecule has 2 aromatic carbocycles. The largest absolute Gasteiger partial charge is 0.496 e. The van der Waals surface area contributed by atoms with Crippen molar-refractivity contribution in [1.29, 1.82) is 0 Å². The lowest BCUT2D eigenvalue weighted by Gasteiger charge is -2.23. The predicted molar refractivity (Wildman–Crippen MR) is 81.6 cm³/mol. The number of rotatable bonds is 5. The Morgan fingerprint density at radius 1 is 1.00 bits per heavy atom. The lowest BCUT2D eigenvalue weighted by atomic mass is 9.95. The predicted octanol–water partition coefficient (Wildman–Crippen LogP) is 3.46. The average Bonchev–Trinajstić information content (AvgIpc) is 2.52. The van der Waals surface area contributed by atoms with Crippen LogP contribution in [0.2, 0.25) is 0 Å². The highest BCUT2D eigenvalue weighted by Crippen LogP contribution is 2.38. The first-order chi connectivity index (χ1) is 10.1. The molecule has 0 amide bonds. The third-order valence-electron chi connectivity index (χ3n) is 3.58. The molecule has 0 aliphatic heterocycles. The van der Waals surface area contributed by atoms with Crippen LogP contribution in [0.15, 0.2) is 36.4 Å². The van der Waals surface area contributed by atoms with Crippen molar-refractivity contribution in [2.75, 3.05) is 21.3 Å². The van der Waals surface area contributed by atoms with Crippen molar-refractivity contribution in [1.82, 2.24) is 5.32 Å². The molecule has 0 aliphatic carbocycles. The van der Waals surface area contributed by atoms with Crippen molar-refractivity contribution in [3.63, 3.8) is 0 Å². The van der Waals surface area contributed by atoms with E-state index in [1.807, 2.05) is 24.3 Å². The molecule has 0 saturated carbocycles. The van der Waals surface area contributed by atoms with Gasteiger partial charge in [-0.15, -0.1) is 0 Å². The maximum Gasteiger partial charge on any atom is 0.131 e. The highest BCUT2D eigenvalue weighted by Gasteiger charge is 2.24. The van der Waals surface area contributed by atoms with E-state index in [-0.39, 0.29) is 11.9 Å². The van der Waals surface area contributed by atoms with Crippen molar-refractivity contribution >= 4 is 0 Å². The van der Waals surface area contributed by atoms with Crippen LogP contribution in [-0.4, -0.2) is 21.3 Å². The highest BCUT2D eigenvalue weighted by atomic mass is 19.1. The van der Waals surface area contributed by atoms with Crippen LogP contribution < -0.4 is 14.8 Å². The summed E-state index contributed by atoms with van der Waals surface area (Å²) in [7, 11) is 4.98. The number of hydrogen-bond donors (Lipinski definition) is 1. The Labute approximate surface area is 124 Å². The Balaban J connectivity index is 2.64. The topological polar surface area (TPSA) is 30.5 Å². The second-order valence-electron chi connectivity index (χ2n) is 4.78. The van der Waals surface area contributed by atoms with Gasteiger partial charge in [-0.1, -0.05) is 24.3 Å². The first-order valence-corrected chi connectivity index (χ1v) is 6.77. The normalized spacial score (nSPS) is 12.0. The number of nitrogens with one attached hydrogen (secondary N) is 1. The van der Waals surface area contributed by atoms with Crippen molar-refractivity contribution in [2.45, 2.75) is 13.0 Å². The molecule has 1 N–H and O–H groups in total. The van der Waals surface area contributed by atoms with E-state index in [1.165, 1.54) is 0 Å². The first kappa shape index (κ1) is 15.3. The van der Waals surface area contributed by atoms with E-state index >= 15 is 0 Å². The van der Waals surface area contributed by atoms with Crippen molar-refractivity contribution < 1.29 is 13.9 Å². The Morgan fingerprint density at radius 2 is 1.57 bits per heavy atom. The standard InChI is InChI=1S/C17H20FNO2/c1-11-7-5-8-12(16(11)18)17(19-2)15-13(20-3)9-6-10-14(15)21-4/h5-10,17,19H,1-4H3. The lowest BCUT2D eigenvalue weighted by Crippen LogP contribution is -2.21. The van der Waals surface area contributed by atoms with Crippen LogP contribution in [0.4, 0.5) is 4.39 Å². The van der Waals surface area contributed by atoms with Crippen LogP contribution in [0.25, 0.3) is 0 Å². The third kappa shape index (κ3) is 2.85. The lowest BCUT2D eigenvalue weighted by molar-refractivity contribution is 0.377. The number of aryl methyl sites for hydroxylation is 1. The maximum absolute atomic E-state index is 14.5. The summed E-state index contributed by atoms with van der Waals surface area (Å²) >= 11 is 0. The molecule has 1 unspecified atom stereocenters. The molecule has 21 heavy (non-hydrogen) atoms. The summed E-state index contributed by atoms with van der Waals surface area (Å²) in [6.07, 6.45) is 0. The van der Waals surface area contributed by atoms with Gasteiger partial charge in [-0.2, -0.15) is 0 Å². The van der Waals surface area contributed by atoms with Crippen molar-refractivity contribution in [2.24, 2.45) is 0 Å². The molecule has 1 atom stereocenters. The van der Waals surface area contributed by atoms with Crippen LogP contribution in [0.3, 0.4) is 0 Å². The van der Waals surface area contributed by atoms with Crippen molar-refractivity contribution in [3.05, 3.63) is 58.9 Å². The summed E-state index contributed by atoms with van der Waals surface area (Å²) in [4.78, 5) is 0. The van der Waals surface area contributed by atoms with E-state index in [1.54, 1.807) is 40.3 Å². The van der Waals surface area contributed by atoms with Crippen molar-refractivity contribution in [3.8, 4) is 11.5 Å². The monoisotopic (exact) mass is 289 g/mol. The molecule has 0 aliphatic rings. The van der Waals surface area contributed by atoms with E-state index in [0.29, 0.717) is 22.6 Å². The SMILES string of the molecule is CNC(c1cccc(C)c1F)c1c(OC)cccc1OC. The van der Waals surface area contributed by atoms with Gasteiger partial charge in [-0.3, -0.25) is 0 Å². The number of benzene rings is 2. The molecule has 2 rings (SSSR count). The minimum absolute atomic E-state index is 0.218. The fourth-order valence-electron chi connectivity index (χ4n) is 2.51. The molecule has 3 nitrogen and oxygen atoms in total. The molecule has 0 saturated heterocycles. The number of hydrogen-bond acceptors (Lipinski definition) is 3. The summed E-state index contributed by atoms with van der Waals surface area (Å²) < 4.78 is 25.3. The second kappa shape index (κ2) is 6.59. The van der Waals surface area contributed by atoms with Gasteiger partial charge in [0.15, 0.2) is 0 Å². The summed E-state index contributed by atoms with van der Waals surface area (Å²) in [5.41, 5.74) is 1.97. The highest BCUT2D eigenvalue weighted by molar-refractivity contribution is 5.51. The quantitative estimate of drug-likeness (QED) is 0.914. The third-order valence-corrected chi connectivity index (χ3v) is 3.58. The van der Waals surface area contributed by atoms with Gasteiger partial charge in [-0.05, 0) is 31.7 Å². The number of methoxy groups -OCH3 is 2. The van der Waals surface area contributed by atoms with Gasteiger partial charge in [0.2, 0.25) is 0 Å². The Kier molecular flexibility index (Phi) is 4.81. The minimum atomic E-state index is -0.351. The number of halogens is 1. The molecule has 4 heteroatoms. The molecule has 0 spiro atoms. The molecule has 0 aromatic heterocycles. The Morgan fingerprint density at radius 3 is 2.10 bits per heavy atom. The van der Waals surface area contributed by atoms with E-state index < -0.39 is 0 Å². The number of ether oxygens (including phenoxy) is 2. The van der Waals surface area contributed by atoms with Gasteiger partial charge in [0.05, 0.1) is 25.8 Å². The molecule has 0 fully saturated rings. The minimum Gasteiger partial charge on any atom is -0.496 e. The smallest absolute Gasteiger partial charge is 0.131 e. The molecule has 0 heterocycles. The van der Waals surface area contributed by atoms with Crippen LogP contribution in [0.1, 0.15) is 22.7 Å². The zero-order valence-corrected chi connectivity index (χ0v) is 12.7. The molecule has 112 valence electrons. The summed E-state index contributed by atoms with van der Waals surface area (Å²) in [5, 5.41) is 3.15. The van der Waals surface area contributed by atoms with Crippen LogP contribution in [0, 0.1) is 12.7 Å². The average molecular weight is 289 g/mol. The van der Waals surface area contributed by atoms with Crippen LogP contribution in [-0.2, 0) is 0 Å². The molecule has 0 radical (unpaired) electrons. The Bertz CT molecular complexity index is 606. The van der Waals surface area contributed by atoms with Gasteiger partial charge < -0.3 is 14.8 Å².